The molecule has 1 aromatic rings. The molecular weight excluding hydrogens is 272 g/mol. The van der Waals surface area contributed by atoms with Crippen LogP contribution in [-0.4, -0.2) is 40.7 Å². The van der Waals surface area contributed by atoms with Crippen LogP contribution in [0.25, 0.3) is 0 Å². The van der Waals surface area contributed by atoms with E-state index in [4.69, 9.17) is 10.5 Å². The molecule has 0 aliphatic carbocycles. The zero-order chi connectivity index (χ0) is 16.2. The Kier molecular flexibility index (Phi) is 5.18. The van der Waals surface area contributed by atoms with Gasteiger partial charge in [0.25, 0.3) is 0 Å². The fourth-order valence-electron chi connectivity index (χ4n) is 1.93. The summed E-state index contributed by atoms with van der Waals surface area (Å²) >= 11 is 0. The van der Waals surface area contributed by atoms with Crippen LogP contribution in [0, 0.1) is 6.92 Å². The van der Waals surface area contributed by atoms with Gasteiger partial charge in [-0.25, -0.2) is 4.79 Å². The van der Waals surface area contributed by atoms with E-state index in [1.54, 1.807) is 25.1 Å². The Morgan fingerprint density at radius 2 is 1.95 bits per heavy atom. The topological polar surface area (TPSA) is 92.9 Å². The smallest absolute Gasteiger partial charge is 0.407 e. The van der Waals surface area contributed by atoms with Gasteiger partial charge in [-0.15, -0.1) is 0 Å². The molecule has 0 radical (unpaired) electrons. The Balaban J connectivity index is 2.68. The van der Waals surface area contributed by atoms with E-state index < -0.39 is 17.5 Å². The molecular formula is C15H22N2O4. The van der Waals surface area contributed by atoms with Crippen molar-refractivity contribution in [3.63, 3.8) is 0 Å². The Morgan fingerprint density at radius 1 is 1.33 bits per heavy atom. The standard InChI is InChI=1S/C15H22N2O4/c1-10-9-11(13(16)18)5-6-12(10)21-8-7-17(14(19)20)15(2,3)4/h5-6,9H,7-8H2,1-4H3,(H2,16,18)(H,19,20). The van der Waals surface area contributed by atoms with Gasteiger partial charge in [0.2, 0.25) is 5.91 Å². The molecule has 0 atom stereocenters. The monoisotopic (exact) mass is 294 g/mol. The van der Waals surface area contributed by atoms with Gasteiger partial charge < -0.3 is 20.5 Å². The van der Waals surface area contributed by atoms with Gasteiger partial charge in [-0.3, -0.25) is 4.79 Å². The van der Waals surface area contributed by atoms with Crippen molar-refractivity contribution in [1.29, 1.82) is 0 Å². The van der Waals surface area contributed by atoms with E-state index in [9.17, 15) is 14.7 Å². The summed E-state index contributed by atoms with van der Waals surface area (Å²) < 4.78 is 5.59. The molecule has 3 N–H and O–H groups in total. The highest BCUT2D eigenvalue weighted by molar-refractivity contribution is 5.93. The molecule has 0 aromatic heterocycles. The first kappa shape index (κ1) is 16.8. The summed E-state index contributed by atoms with van der Waals surface area (Å²) in [6.45, 7) is 7.78. The number of ether oxygens (including phenoxy) is 1. The maximum Gasteiger partial charge on any atom is 0.407 e. The molecule has 21 heavy (non-hydrogen) atoms. The van der Waals surface area contributed by atoms with E-state index in [1.165, 1.54) is 4.90 Å². The molecule has 0 saturated heterocycles. The third kappa shape index (κ3) is 4.66. The van der Waals surface area contributed by atoms with Crippen molar-refractivity contribution in [1.82, 2.24) is 4.90 Å². The van der Waals surface area contributed by atoms with Gasteiger partial charge in [-0.2, -0.15) is 0 Å². The number of amides is 2. The fraction of sp³-hybridized carbons (Fsp3) is 0.467. The average molecular weight is 294 g/mol. The number of aryl methyl sites for hydroxylation is 1. The zero-order valence-electron chi connectivity index (χ0n) is 12.8. The normalized spacial score (nSPS) is 11.0. The molecule has 0 aliphatic rings. The molecule has 0 fully saturated rings. The summed E-state index contributed by atoms with van der Waals surface area (Å²) in [7, 11) is 0. The Bertz CT molecular complexity index is 535. The van der Waals surface area contributed by atoms with Gasteiger partial charge in [0, 0.05) is 11.1 Å². The molecule has 1 rings (SSSR count). The van der Waals surface area contributed by atoms with E-state index in [0.29, 0.717) is 11.3 Å². The lowest BCUT2D eigenvalue weighted by Gasteiger charge is -2.33. The highest BCUT2D eigenvalue weighted by atomic mass is 16.5. The highest BCUT2D eigenvalue weighted by Gasteiger charge is 2.25. The summed E-state index contributed by atoms with van der Waals surface area (Å²) in [6, 6.07) is 4.90. The SMILES string of the molecule is Cc1cc(C(N)=O)ccc1OCCN(C(=O)O)C(C)(C)C. The maximum absolute atomic E-state index is 11.2. The molecule has 0 unspecified atom stereocenters. The molecule has 0 spiro atoms. The number of nitrogens with two attached hydrogens (primary N) is 1. The van der Waals surface area contributed by atoms with Crippen LogP contribution in [-0.2, 0) is 0 Å². The van der Waals surface area contributed by atoms with Crippen molar-refractivity contribution in [2.75, 3.05) is 13.2 Å². The fourth-order valence-corrected chi connectivity index (χ4v) is 1.93. The number of nitrogens with zero attached hydrogens (tertiary/aromatic N) is 1. The number of hydrogen-bond acceptors (Lipinski definition) is 3. The number of rotatable bonds is 5. The first-order valence-electron chi connectivity index (χ1n) is 6.66. The predicted octanol–water partition coefficient (Wildman–Crippen LogP) is 2.25. The number of carboxylic acid groups (broad SMARTS) is 1. The van der Waals surface area contributed by atoms with Gasteiger partial charge in [0.15, 0.2) is 0 Å². The Morgan fingerprint density at radius 3 is 2.38 bits per heavy atom. The zero-order valence-corrected chi connectivity index (χ0v) is 12.8. The van der Waals surface area contributed by atoms with Gasteiger partial charge in [-0.1, -0.05) is 0 Å². The van der Waals surface area contributed by atoms with Crippen LogP contribution >= 0.6 is 0 Å². The summed E-state index contributed by atoms with van der Waals surface area (Å²) in [5.74, 6) is 0.119. The molecule has 0 bridgehead atoms. The van der Waals surface area contributed by atoms with E-state index >= 15 is 0 Å². The van der Waals surface area contributed by atoms with Crippen LogP contribution in [0.15, 0.2) is 18.2 Å². The summed E-state index contributed by atoms with van der Waals surface area (Å²) in [4.78, 5) is 23.6. The van der Waals surface area contributed by atoms with Gasteiger partial charge in [0.1, 0.15) is 12.4 Å². The van der Waals surface area contributed by atoms with Crippen molar-refractivity contribution >= 4 is 12.0 Å². The van der Waals surface area contributed by atoms with Gasteiger partial charge >= 0.3 is 6.09 Å². The van der Waals surface area contributed by atoms with Gasteiger partial charge in [-0.05, 0) is 51.5 Å². The van der Waals surface area contributed by atoms with Crippen LogP contribution in [0.2, 0.25) is 0 Å². The average Bonchev–Trinajstić information content (AvgIpc) is 2.33. The van der Waals surface area contributed by atoms with Crippen molar-refractivity contribution in [2.45, 2.75) is 33.2 Å². The lowest BCUT2D eigenvalue weighted by Crippen LogP contribution is -2.46. The molecule has 6 nitrogen and oxygen atoms in total. The molecule has 1 aromatic carbocycles. The second-order valence-electron chi connectivity index (χ2n) is 5.80. The molecule has 2 amide bonds. The quantitative estimate of drug-likeness (QED) is 0.871. The summed E-state index contributed by atoms with van der Waals surface area (Å²) in [5, 5.41) is 9.18. The lowest BCUT2D eigenvalue weighted by molar-refractivity contribution is 0.0890. The second-order valence-corrected chi connectivity index (χ2v) is 5.80. The lowest BCUT2D eigenvalue weighted by atomic mass is 10.1. The van der Waals surface area contributed by atoms with Crippen molar-refractivity contribution in [3.05, 3.63) is 29.3 Å². The third-order valence-electron chi connectivity index (χ3n) is 3.07. The van der Waals surface area contributed by atoms with Crippen molar-refractivity contribution in [3.8, 4) is 5.75 Å². The maximum atomic E-state index is 11.2. The minimum absolute atomic E-state index is 0.236. The minimum atomic E-state index is -0.980. The minimum Gasteiger partial charge on any atom is -0.491 e. The van der Waals surface area contributed by atoms with Crippen LogP contribution in [0.5, 0.6) is 5.75 Å². The molecule has 116 valence electrons. The van der Waals surface area contributed by atoms with Crippen molar-refractivity contribution in [2.24, 2.45) is 5.73 Å². The van der Waals surface area contributed by atoms with Crippen molar-refractivity contribution < 1.29 is 19.4 Å². The second kappa shape index (κ2) is 6.47. The highest BCUT2D eigenvalue weighted by Crippen LogP contribution is 2.19. The first-order chi connectivity index (χ1) is 9.62. The predicted molar refractivity (Wildman–Crippen MR) is 79.7 cm³/mol. The summed E-state index contributed by atoms with van der Waals surface area (Å²) in [6.07, 6.45) is -0.980. The van der Waals surface area contributed by atoms with Crippen LogP contribution in [0.4, 0.5) is 4.79 Å². The molecule has 0 heterocycles. The number of primary amides is 1. The number of carbonyl (C=O) groups is 2. The number of carbonyl (C=O) groups excluding carboxylic acids is 1. The van der Waals surface area contributed by atoms with E-state index in [2.05, 4.69) is 0 Å². The first-order valence-corrected chi connectivity index (χ1v) is 6.66. The largest absolute Gasteiger partial charge is 0.491 e. The van der Waals surface area contributed by atoms with Crippen LogP contribution in [0.3, 0.4) is 0 Å². The van der Waals surface area contributed by atoms with E-state index in [-0.39, 0.29) is 13.2 Å². The van der Waals surface area contributed by atoms with Gasteiger partial charge in [0.05, 0.1) is 6.54 Å². The third-order valence-corrected chi connectivity index (χ3v) is 3.07. The number of benzene rings is 1. The summed E-state index contributed by atoms with van der Waals surface area (Å²) in [5.41, 5.74) is 5.92. The van der Waals surface area contributed by atoms with E-state index in [0.717, 1.165) is 5.56 Å². The van der Waals surface area contributed by atoms with Crippen LogP contribution < -0.4 is 10.5 Å². The molecule has 0 saturated carbocycles. The molecule has 6 heteroatoms. The molecule has 0 aliphatic heterocycles. The van der Waals surface area contributed by atoms with Crippen LogP contribution in [0.1, 0.15) is 36.7 Å². The Hall–Kier alpha value is -2.24. The number of hydrogen-bond donors (Lipinski definition) is 2. The Labute approximate surface area is 124 Å². The van der Waals surface area contributed by atoms with E-state index in [1.807, 2.05) is 20.8 Å².